The van der Waals surface area contributed by atoms with E-state index in [4.69, 9.17) is 9.47 Å². The van der Waals surface area contributed by atoms with Crippen LogP contribution in [0.4, 0.5) is 0 Å². The third-order valence-electron chi connectivity index (χ3n) is 3.75. The minimum atomic E-state index is 0.0353. The lowest BCUT2D eigenvalue weighted by molar-refractivity contribution is 0.0731. The Balaban J connectivity index is 1.86. The van der Waals surface area contributed by atoms with Crippen molar-refractivity contribution in [1.82, 2.24) is 4.90 Å². The van der Waals surface area contributed by atoms with Gasteiger partial charge < -0.3 is 14.4 Å². The van der Waals surface area contributed by atoms with Crippen molar-refractivity contribution in [1.29, 1.82) is 0 Å². The van der Waals surface area contributed by atoms with E-state index in [-0.39, 0.29) is 5.91 Å². The van der Waals surface area contributed by atoms with Crippen LogP contribution in [0.25, 0.3) is 0 Å². The number of ether oxygens (including phenoxy) is 2. The molecule has 1 amide bonds. The normalized spacial score (nSPS) is 13.7. The van der Waals surface area contributed by atoms with Gasteiger partial charge in [0.1, 0.15) is 11.5 Å². The van der Waals surface area contributed by atoms with Crippen LogP contribution in [0.2, 0.25) is 0 Å². The predicted octanol–water partition coefficient (Wildman–Crippen LogP) is 3.57. The third kappa shape index (κ3) is 3.25. The van der Waals surface area contributed by atoms with Gasteiger partial charge in [-0.25, -0.2) is 0 Å². The van der Waals surface area contributed by atoms with Crippen LogP contribution in [0.5, 0.6) is 11.5 Å². The van der Waals surface area contributed by atoms with Crippen molar-refractivity contribution >= 4 is 17.2 Å². The number of methoxy groups -OCH3 is 2. The lowest BCUT2D eigenvalue weighted by Gasteiger charge is -2.22. The van der Waals surface area contributed by atoms with E-state index >= 15 is 0 Å². The summed E-state index contributed by atoms with van der Waals surface area (Å²) >= 11 is 1.68. The summed E-state index contributed by atoms with van der Waals surface area (Å²) in [6.45, 7) is 0.667. The SMILES string of the molecule is COc1cc(OC)cc(C(=O)N(Cc2cccs2)C2CC2)c1. The third-order valence-corrected chi connectivity index (χ3v) is 4.61. The Labute approximate surface area is 134 Å². The van der Waals surface area contributed by atoms with Crippen molar-refractivity contribution in [3.8, 4) is 11.5 Å². The van der Waals surface area contributed by atoms with E-state index in [2.05, 4.69) is 6.07 Å². The van der Waals surface area contributed by atoms with E-state index in [9.17, 15) is 4.79 Å². The summed E-state index contributed by atoms with van der Waals surface area (Å²) in [6, 6.07) is 9.76. The van der Waals surface area contributed by atoms with Crippen molar-refractivity contribution in [2.75, 3.05) is 14.2 Å². The van der Waals surface area contributed by atoms with Crippen LogP contribution in [0.1, 0.15) is 28.1 Å². The number of benzene rings is 1. The minimum Gasteiger partial charge on any atom is -0.497 e. The molecule has 116 valence electrons. The molecule has 22 heavy (non-hydrogen) atoms. The molecule has 0 spiro atoms. The van der Waals surface area contributed by atoms with Crippen LogP contribution < -0.4 is 9.47 Å². The maximum absolute atomic E-state index is 12.9. The average Bonchev–Trinajstić information content (AvgIpc) is 3.27. The Bertz CT molecular complexity index is 628. The number of carbonyl (C=O) groups excluding carboxylic acids is 1. The zero-order chi connectivity index (χ0) is 15.5. The van der Waals surface area contributed by atoms with Gasteiger partial charge in [-0.3, -0.25) is 4.79 Å². The molecule has 0 saturated heterocycles. The van der Waals surface area contributed by atoms with Crippen molar-refractivity contribution < 1.29 is 14.3 Å². The fraction of sp³-hybridized carbons (Fsp3) is 0.353. The summed E-state index contributed by atoms with van der Waals surface area (Å²) < 4.78 is 10.5. The number of nitrogens with zero attached hydrogens (tertiary/aromatic N) is 1. The van der Waals surface area contributed by atoms with Gasteiger partial charge in [-0.1, -0.05) is 6.07 Å². The second-order valence-electron chi connectivity index (χ2n) is 5.34. The molecular formula is C17H19NO3S. The molecule has 5 heteroatoms. The Hall–Kier alpha value is -2.01. The Kier molecular flexibility index (Phi) is 4.34. The molecule has 1 aromatic carbocycles. The van der Waals surface area contributed by atoms with Crippen LogP contribution >= 0.6 is 11.3 Å². The Morgan fingerprint density at radius 1 is 1.23 bits per heavy atom. The van der Waals surface area contributed by atoms with Gasteiger partial charge in [0.2, 0.25) is 0 Å². The lowest BCUT2D eigenvalue weighted by atomic mass is 10.1. The highest BCUT2D eigenvalue weighted by atomic mass is 32.1. The highest BCUT2D eigenvalue weighted by Gasteiger charge is 2.33. The molecular weight excluding hydrogens is 298 g/mol. The summed E-state index contributed by atoms with van der Waals surface area (Å²) in [5.41, 5.74) is 0.611. The molecule has 1 heterocycles. The molecule has 0 aliphatic heterocycles. The van der Waals surface area contributed by atoms with E-state index in [1.54, 1.807) is 43.8 Å². The summed E-state index contributed by atoms with van der Waals surface area (Å²) in [5.74, 6) is 1.30. The van der Waals surface area contributed by atoms with E-state index in [0.717, 1.165) is 12.8 Å². The monoisotopic (exact) mass is 317 g/mol. The van der Waals surface area contributed by atoms with E-state index in [0.29, 0.717) is 29.6 Å². The molecule has 2 aromatic rings. The number of hydrogen-bond acceptors (Lipinski definition) is 4. The molecule has 4 nitrogen and oxygen atoms in total. The fourth-order valence-corrected chi connectivity index (χ4v) is 3.12. The first-order valence-electron chi connectivity index (χ1n) is 7.27. The van der Waals surface area contributed by atoms with Gasteiger partial charge in [-0.15, -0.1) is 11.3 Å². The molecule has 0 unspecified atom stereocenters. The zero-order valence-electron chi connectivity index (χ0n) is 12.7. The Morgan fingerprint density at radius 3 is 2.41 bits per heavy atom. The molecule has 0 N–H and O–H groups in total. The van der Waals surface area contributed by atoms with Crippen LogP contribution in [0.3, 0.4) is 0 Å². The molecule has 0 radical (unpaired) electrons. The molecule has 1 fully saturated rings. The summed E-state index contributed by atoms with van der Waals surface area (Å²) in [5, 5.41) is 2.04. The summed E-state index contributed by atoms with van der Waals surface area (Å²) in [7, 11) is 3.18. The second-order valence-corrected chi connectivity index (χ2v) is 6.38. The maximum Gasteiger partial charge on any atom is 0.254 e. The molecule has 1 aliphatic carbocycles. The zero-order valence-corrected chi connectivity index (χ0v) is 13.6. The van der Waals surface area contributed by atoms with Crippen LogP contribution in [-0.4, -0.2) is 31.1 Å². The minimum absolute atomic E-state index is 0.0353. The molecule has 0 bridgehead atoms. The van der Waals surface area contributed by atoms with Crippen molar-refractivity contribution in [2.24, 2.45) is 0 Å². The van der Waals surface area contributed by atoms with E-state index in [1.807, 2.05) is 16.3 Å². The molecule has 3 rings (SSSR count). The van der Waals surface area contributed by atoms with Crippen LogP contribution in [0.15, 0.2) is 35.7 Å². The van der Waals surface area contributed by atoms with Crippen LogP contribution in [0, 0.1) is 0 Å². The summed E-state index contributed by atoms with van der Waals surface area (Å²) in [6.07, 6.45) is 2.16. The van der Waals surface area contributed by atoms with Gasteiger partial charge in [0.25, 0.3) is 5.91 Å². The van der Waals surface area contributed by atoms with Gasteiger partial charge in [0.05, 0.1) is 20.8 Å². The van der Waals surface area contributed by atoms with Gasteiger partial charge in [-0.2, -0.15) is 0 Å². The average molecular weight is 317 g/mol. The van der Waals surface area contributed by atoms with Crippen molar-refractivity contribution in [2.45, 2.75) is 25.4 Å². The van der Waals surface area contributed by atoms with Gasteiger partial charge in [0, 0.05) is 22.5 Å². The van der Waals surface area contributed by atoms with E-state index in [1.165, 1.54) is 4.88 Å². The molecule has 1 aliphatic rings. The van der Waals surface area contributed by atoms with Gasteiger partial charge in [0.15, 0.2) is 0 Å². The first-order chi connectivity index (χ1) is 10.7. The number of carbonyl (C=O) groups is 1. The lowest BCUT2D eigenvalue weighted by Crippen LogP contribution is -2.32. The smallest absolute Gasteiger partial charge is 0.254 e. The number of rotatable bonds is 6. The second kappa shape index (κ2) is 6.40. The highest BCUT2D eigenvalue weighted by Crippen LogP contribution is 2.32. The molecule has 1 aromatic heterocycles. The Morgan fingerprint density at radius 2 is 1.91 bits per heavy atom. The standard InChI is InChI=1S/C17H19NO3S/c1-20-14-8-12(9-15(10-14)21-2)17(19)18(13-5-6-13)11-16-4-3-7-22-16/h3-4,7-10,13H,5-6,11H2,1-2H3. The number of hydrogen-bond donors (Lipinski definition) is 0. The van der Waals surface area contributed by atoms with Crippen molar-refractivity contribution in [3.63, 3.8) is 0 Å². The van der Waals surface area contributed by atoms with Gasteiger partial charge in [-0.05, 0) is 36.4 Å². The maximum atomic E-state index is 12.9. The van der Waals surface area contributed by atoms with Crippen LogP contribution in [-0.2, 0) is 6.54 Å². The predicted molar refractivity (Wildman–Crippen MR) is 86.8 cm³/mol. The summed E-state index contributed by atoms with van der Waals surface area (Å²) in [4.78, 5) is 16.1. The molecule has 0 atom stereocenters. The quantitative estimate of drug-likeness (QED) is 0.817. The first kappa shape index (κ1) is 14.9. The largest absolute Gasteiger partial charge is 0.497 e. The topological polar surface area (TPSA) is 38.8 Å². The first-order valence-corrected chi connectivity index (χ1v) is 8.15. The fourth-order valence-electron chi connectivity index (χ4n) is 2.42. The van der Waals surface area contributed by atoms with E-state index < -0.39 is 0 Å². The number of amides is 1. The van der Waals surface area contributed by atoms with Crippen molar-refractivity contribution in [3.05, 3.63) is 46.2 Å². The highest BCUT2D eigenvalue weighted by molar-refractivity contribution is 7.09. The van der Waals surface area contributed by atoms with Gasteiger partial charge >= 0.3 is 0 Å². The molecule has 1 saturated carbocycles. The number of thiophene rings is 1.